The van der Waals surface area contributed by atoms with Crippen molar-refractivity contribution in [2.45, 2.75) is 51.6 Å². The predicted molar refractivity (Wildman–Crippen MR) is 134 cm³/mol. The van der Waals surface area contributed by atoms with Gasteiger partial charge in [-0.3, -0.25) is 9.59 Å². The Hall–Kier alpha value is -3.61. The average Bonchev–Trinajstić information content (AvgIpc) is 3.27. The second kappa shape index (κ2) is 11.4. The number of benzene rings is 2. The van der Waals surface area contributed by atoms with Crippen molar-refractivity contribution in [1.29, 1.82) is 0 Å². The number of hydrogen-bond donors (Lipinski definition) is 1. The molecule has 1 aliphatic rings. The molecule has 4 rings (SSSR count). The van der Waals surface area contributed by atoms with Gasteiger partial charge in [-0.2, -0.15) is 0 Å². The first-order chi connectivity index (χ1) is 17.3. The van der Waals surface area contributed by atoms with E-state index in [4.69, 9.17) is 14.3 Å². The highest BCUT2D eigenvalue weighted by atomic mass is 19.1. The number of rotatable bonds is 9. The molecule has 1 amide bonds. The van der Waals surface area contributed by atoms with Crippen molar-refractivity contribution in [1.82, 2.24) is 4.90 Å². The van der Waals surface area contributed by atoms with E-state index >= 15 is 0 Å². The Balaban J connectivity index is 1.55. The molecule has 1 unspecified atom stereocenters. The molecule has 0 bridgehead atoms. The van der Waals surface area contributed by atoms with Crippen LogP contribution in [-0.2, 0) is 4.79 Å². The Bertz CT molecular complexity index is 1180. The Morgan fingerprint density at radius 3 is 2.39 bits per heavy atom. The first-order valence-corrected chi connectivity index (χ1v) is 12.4. The molecule has 0 saturated heterocycles. The van der Waals surface area contributed by atoms with E-state index < -0.39 is 5.97 Å². The lowest BCUT2D eigenvalue weighted by Gasteiger charge is -2.30. The van der Waals surface area contributed by atoms with Crippen molar-refractivity contribution < 1.29 is 28.2 Å². The minimum Gasteiger partial charge on any atom is -0.485 e. The van der Waals surface area contributed by atoms with Crippen molar-refractivity contribution in [3.63, 3.8) is 0 Å². The van der Waals surface area contributed by atoms with Gasteiger partial charge in [-0.1, -0.05) is 19.3 Å². The molecule has 1 aromatic heterocycles. The van der Waals surface area contributed by atoms with Gasteiger partial charge >= 0.3 is 5.97 Å². The van der Waals surface area contributed by atoms with E-state index in [1.807, 2.05) is 13.0 Å². The maximum atomic E-state index is 13.4. The molecule has 6 nitrogen and oxygen atoms in total. The van der Waals surface area contributed by atoms with E-state index in [2.05, 4.69) is 0 Å². The summed E-state index contributed by atoms with van der Waals surface area (Å²) in [6, 6.07) is 15.2. The predicted octanol–water partition coefficient (Wildman–Crippen LogP) is 6.64. The third-order valence-electron chi connectivity index (χ3n) is 6.84. The number of hydrogen-bond acceptors (Lipinski definition) is 4. The van der Waals surface area contributed by atoms with Crippen LogP contribution in [0.5, 0.6) is 5.75 Å². The summed E-state index contributed by atoms with van der Waals surface area (Å²) in [4.78, 5) is 24.8. The Morgan fingerprint density at radius 1 is 1.08 bits per heavy atom. The first-order valence-electron chi connectivity index (χ1n) is 12.4. The van der Waals surface area contributed by atoms with Gasteiger partial charge in [0, 0.05) is 36.2 Å². The summed E-state index contributed by atoms with van der Waals surface area (Å²) in [6.45, 7) is 2.07. The summed E-state index contributed by atoms with van der Waals surface area (Å²) in [6.07, 6.45) is 5.35. The summed E-state index contributed by atoms with van der Waals surface area (Å²) in [5.41, 5.74) is 2.26. The summed E-state index contributed by atoms with van der Waals surface area (Å²) >= 11 is 0. The van der Waals surface area contributed by atoms with Gasteiger partial charge in [0.15, 0.2) is 0 Å². The van der Waals surface area contributed by atoms with Gasteiger partial charge < -0.3 is 19.2 Å². The quantitative estimate of drug-likeness (QED) is 0.361. The van der Waals surface area contributed by atoms with Crippen LogP contribution in [-0.4, -0.2) is 35.5 Å². The lowest BCUT2D eigenvalue weighted by Crippen LogP contribution is -2.29. The molecule has 0 spiro atoms. The van der Waals surface area contributed by atoms with Gasteiger partial charge in [-0.25, -0.2) is 4.39 Å². The number of carbonyl (C=O) groups excluding carboxylic acids is 1. The lowest BCUT2D eigenvalue weighted by molar-refractivity contribution is -0.137. The molecule has 0 radical (unpaired) electrons. The fourth-order valence-corrected chi connectivity index (χ4v) is 4.79. The molecule has 1 saturated carbocycles. The minimum absolute atomic E-state index is 0.101. The zero-order valence-corrected chi connectivity index (χ0v) is 20.7. The van der Waals surface area contributed by atoms with E-state index in [-0.39, 0.29) is 30.8 Å². The molecule has 0 aliphatic heterocycles. The molecule has 1 aliphatic carbocycles. The molecule has 3 aromatic rings. The number of aryl methyl sites for hydroxylation is 1. The van der Waals surface area contributed by atoms with E-state index in [1.165, 1.54) is 23.5 Å². The lowest BCUT2D eigenvalue weighted by atomic mass is 9.82. The number of carboxylic acid groups (broad SMARTS) is 1. The van der Waals surface area contributed by atoms with Crippen LogP contribution in [0, 0.1) is 18.7 Å². The molecule has 190 valence electrons. The molecular formula is C29H32FNO5. The Morgan fingerprint density at radius 2 is 1.75 bits per heavy atom. The number of carboxylic acids is 1. The second-order valence-electron chi connectivity index (χ2n) is 9.46. The van der Waals surface area contributed by atoms with Crippen molar-refractivity contribution in [2.24, 2.45) is 5.92 Å². The van der Waals surface area contributed by atoms with Gasteiger partial charge in [0.25, 0.3) is 5.91 Å². The molecule has 1 fully saturated rings. The number of carbonyl (C=O) groups is 2. The summed E-state index contributed by atoms with van der Waals surface area (Å²) in [5, 5.41) is 8.86. The number of aliphatic carboxylic acids is 1. The van der Waals surface area contributed by atoms with E-state index in [9.17, 15) is 14.0 Å². The zero-order chi connectivity index (χ0) is 25.7. The van der Waals surface area contributed by atoms with Crippen LogP contribution < -0.4 is 4.74 Å². The van der Waals surface area contributed by atoms with E-state index in [0.29, 0.717) is 23.0 Å². The summed E-state index contributed by atoms with van der Waals surface area (Å²) in [7, 11) is 1.59. The largest absolute Gasteiger partial charge is 0.485 e. The van der Waals surface area contributed by atoms with Crippen molar-refractivity contribution >= 4 is 11.9 Å². The monoisotopic (exact) mass is 493 g/mol. The number of furan rings is 1. The van der Waals surface area contributed by atoms with Crippen LogP contribution in [0.4, 0.5) is 4.39 Å². The van der Waals surface area contributed by atoms with Crippen LogP contribution in [0.3, 0.4) is 0 Å². The second-order valence-corrected chi connectivity index (χ2v) is 9.46. The van der Waals surface area contributed by atoms with Crippen molar-refractivity contribution in [2.75, 3.05) is 13.6 Å². The third kappa shape index (κ3) is 6.14. The molecule has 1 N–H and O–H groups in total. The SMILES string of the molecule is Cc1oc(-c2ccc(F)cc2)cc1C(Oc1ccc(C(=O)N(C)CCC(=O)O)cc1)C1CCCCC1. The Labute approximate surface area is 210 Å². The molecule has 2 aromatic carbocycles. The number of ether oxygens (including phenoxy) is 1. The smallest absolute Gasteiger partial charge is 0.305 e. The van der Waals surface area contributed by atoms with E-state index in [0.717, 1.165) is 42.6 Å². The van der Waals surface area contributed by atoms with Crippen LogP contribution in [0.15, 0.2) is 59.0 Å². The number of halogens is 1. The maximum Gasteiger partial charge on any atom is 0.305 e. The van der Waals surface area contributed by atoms with Gasteiger partial charge in [-0.15, -0.1) is 0 Å². The van der Waals surface area contributed by atoms with Crippen LogP contribution in [0.25, 0.3) is 11.3 Å². The molecule has 1 atom stereocenters. The number of nitrogens with zero attached hydrogens (tertiary/aromatic N) is 1. The van der Waals surface area contributed by atoms with Gasteiger partial charge in [0.1, 0.15) is 29.2 Å². The third-order valence-corrected chi connectivity index (χ3v) is 6.84. The van der Waals surface area contributed by atoms with Crippen LogP contribution in [0.1, 0.15) is 66.3 Å². The molecule has 36 heavy (non-hydrogen) atoms. The summed E-state index contributed by atoms with van der Waals surface area (Å²) in [5.74, 6) is 0.971. The Kier molecular flexibility index (Phi) is 8.08. The molecule has 7 heteroatoms. The first kappa shape index (κ1) is 25.5. The fourth-order valence-electron chi connectivity index (χ4n) is 4.79. The van der Waals surface area contributed by atoms with Gasteiger partial charge in [-0.05, 0) is 74.4 Å². The highest BCUT2D eigenvalue weighted by Crippen LogP contribution is 2.41. The molecular weight excluding hydrogens is 461 g/mol. The van der Waals surface area contributed by atoms with Crippen LogP contribution in [0.2, 0.25) is 0 Å². The summed E-state index contributed by atoms with van der Waals surface area (Å²) < 4.78 is 26.0. The fraction of sp³-hybridized carbons (Fsp3) is 0.379. The highest BCUT2D eigenvalue weighted by Gasteiger charge is 2.30. The standard InChI is InChI=1S/C29H32FNO5/c1-19-25(18-26(35-19)20-8-12-23(30)13-9-20)28(21-6-4-3-5-7-21)36-24-14-10-22(11-15-24)29(34)31(2)17-16-27(32)33/h8-15,18,21,28H,3-7,16-17H2,1-2H3,(H,32,33). The maximum absolute atomic E-state index is 13.4. The van der Waals surface area contributed by atoms with E-state index in [1.54, 1.807) is 43.4 Å². The topological polar surface area (TPSA) is 80.0 Å². The van der Waals surface area contributed by atoms with Crippen molar-refractivity contribution in [3.05, 3.63) is 77.3 Å². The molecule has 1 heterocycles. The van der Waals surface area contributed by atoms with Crippen molar-refractivity contribution in [3.8, 4) is 17.1 Å². The highest BCUT2D eigenvalue weighted by molar-refractivity contribution is 5.94. The average molecular weight is 494 g/mol. The van der Waals surface area contributed by atoms with Crippen LogP contribution >= 0.6 is 0 Å². The zero-order valence-electron chi connectivity index (χ0n) is 20.7. The van der Waals surface area contributed by atoms with Gasteiger partial charge in [0.05, 0.1) is 6.42 Å². The minimum atomic E-state index is -0.940. The number of amides is 1. The normalized spacial score (nSPS) is 14.9. The van der Waals surface area contributed by atoms with Gasteiger partial charge in [0.2, 0.25) is 0 Å².